The van der Waals surface area contributed by atoms with Crippen molar-refractivity contribution in [1.29, 1.82) is 0 Å². The molecule has 0 radical (unpaired) electrons. The van der Waals surface area contributed by atoms with Gasteiger partial charge < -0.3 is 14.9 Å². The summed E-state index contributed by atoms with van der Waals surface area (Å²) >= 11 is 0. The van der Waals surface area contributed by atoms with Crippen molar-refractivity contribution in [2.45, 2.75) is 38.8 Å². The second-order valence-corrected chi connectivity index (χ2v) is 5.98. The fraction of sp³-hybridized carbons (Fsp3) is 0.667. The molecule has 1 atom stereocenters. The molecule has 1 aromatic rings. The molecule has 1 aliphatic heterocycles. The Labute approximate surface area is 116 Å². The van der Waals surface area contributed by atoms with Gasteiger partial charge in [-0.15, -0.1) is 0 Å². The van der Waals surface area contributed by atoms with Crippen LogP contribution in [-0.2, 0) is 6.54 Å². The molecule has 0 amide bonds. The fourth-order valence-corrected chi connectivity index (χ4v) is 2.50. The third-order valence-corrected chi connectivity index (χ3v) is 3.53. The van der Waals surface area contributed by atoms with Crippen molar-refractivity contribution < 1.29 is 5.11 Å². The Balaban J connectivity index is 2.30. The number of pyridine rings is 1. The van der Waals surface area contributed by atoms with Crippen LogP contribution in [0.15, 0.2) is 12.1 Å². The number of anilines is 1. The first-order chi connectivity index (χ1) is 8.97. The summed E-state index contributed by atoms with van der Waals surface area (Å²) in [6.45, 7) is 6.82. The van der Waals surface area contributed by atoms with Crippen LogP contribution in [-0.4, -0.2) is 48.3 Å². The van der Waals surface area contributed by atoms with E-state index in [1.807, 2.05) is 0 Å². The molecule has 4 nitrogen and oxygen atoms in total. The summed E-state index contributed by atoms with van der Waals surface area (Å²) in [4.78, 5) is 9.21. The van der Waals surface area contributed by atoms with Gasteiger partial charge in [-0.2, -0.15) is 0 Å². The van der Waals surface area contributed by atoms with Crippen LogP contribution >= 0.6 is 0 Å². The van der Waals surface area contributed by atoms with E-state index in [9.17, 15) is 5.11 Å². The lowest BCUT2D eigenvalue weighted by Crippen LogP contribution is -2.25. The molecule has 0 aliphatic carbocycles. The molecule has 0 bridgehead atoms. The standard InChI is InChI=1S/C15H25N3O/c1-11(2)13-5-6-15(14(16-13)10-17(3)4)18-8-7-12(19)9-18/h5-6,11-12,19H,7-10H2,1-4H3/t12-/m0/s1. The highest BCUT2D eigenvalue weighted by Gasteiger charge is 2.23. The fourth-order valence-electron chi connectivity index (χ4n) is 2.50. The summed E-state index contributed by atoms with van der Waals surface area (Å²) < 4.78 is 0. The number of hydrogen-bond acceptors (Lipinski definition) is 4. The predicted molar refractivity (Wildman–Crippen MR) is 78.6 cm³/mol. The van der Waals surface area contributed by atoms with Gasteiger partial charge >= 0.3 is 0 Å². The van der Waals surface area contributed by atoms with Crippen molar-refractivity contribution in [2.75, 3.05) is 32.1 Å². The number of aliphatic hydroxyl groups is 1. The molecule has 106 valence electrons. The minimum absolute atomic E-state index is 0.197. The van der Waals surface area contributed by atoms with Gasteiger partial charge in [-0.05, 0) is 38.6 Å². The zero-order valence-electron chi connectivity index (χ0n) is 12.4. The Bertz CT molecular complexity index is 431. The summed E-state index contributed by atoms with van der Waals surface area (Å²) in [5.41, 5.74) is 3.43. The lowest BCUT2D eigenvalue weighted by molar-refractivity contribution is 0.198. The molecule has 0 spiro atoms. The first-order valence-electron chi connectivity index (χ1n) is 7.05. The Hall–Kier alpha value is -1.13. The van der Waals surface area contributed by atoms with Gasteiger partial charge in [-0.3, -0.25) is 4.98 Å². The molecule has 1 saturated heterocycles. The van der Waals surface area contributed by atoms with E-state index in [0.29, 0.717) is 5.92 Å². The largest absolute Gasteiger partial charge is 0.391 e. The zero-order valence-corrected chi connectivity index (χ0v) is 12.4. The van der Waals surface area contributed by atoms with Crippen molar-refractivity contribution in [1.82, 2.24) is 9.88 Å². The topological polar surface area (TPSA) is 39.6 Å². The van der Waals surface area contributed by atoms with E-state index < -0.39 is 0 Å². The van der Waals surface area contributed by atoms with E-state index in [-0.39, 0.29) is 6.10 Å². The van der Waals surface area contributed by atoms with Crippen LogP contribution in [0.4, 0.5) is 5.69 Å². The highest BCUT2D eigenvalue weighted by atomic mass is 16.3. The van der Waals surface area contributed by atoms with Crippen LogP contribution in [0.1, 0.15) is 37.6 Å². The van der Waals surface area contributed by atoms with Crippen LogP contribution in [0.3, 0.4) is 0 Å². The van der Waals surface area contributed by atoms with E-state index in [2.05, 4.69) is 49.9 Å². The normalized spacial score (nSPS) is 19.7. The Kier molecular flexibility index (Phi) is 4.42. The zero-order chi connectivity index (χ0) is 14.0. The summed E-state index contributed by atoms with van der Waals surface area (Å²) in [7, 11) is 4.12. The third-order valence-electron chi connectivity index (χ3n) is 3.53. The number of aromatic nitrogens is 1. The number of aliphatic hydroxyl groups excluding tert-OH is 1. The van der Waals surface area contributed by atoms with Crippen molar-refractivity contribution in [3.05, 3.63) is 23.5 Å². The number of β-amino-alcohol motifs (C(OH)–C–C–N with tert-alkyl or cyclic N) is 1. The van der Waals surface area contributed by atoms with Gasteiger partial charge in [0, 0.05) is 25.3 Å². The average molecular weight is 263 g/mol. The van der Waals surface area contributed by atoms with Crippen LogP contribution in [0.25, 0.3) is 0 Å². The number of rotatable bonds is 4. The Morgan fingerprint density at radius 1 is 1.42 bits per heavy atom. The van der Waals surface area contributed by atoms with E-state index in [4.69, 9.17) is 4.98 Å². The second kappa shape index (κ2) is 5.88. The molecule has 1 aromatic heterocycles. The lowest BCUT2D eigenvalue weighted by Gasteiger charge is -2.23. The quantitative estimate of drug-likeness (QED) is 0.900. The predicted octanol–water partition coefficient (Wildman–Crippen LogP) is 1.84. The Morgan fingerprint density at radius 3 is 2.68 bits per heavy atom. The maximum Gasteiger partial charge on any atom is 0.0780 e. The molecule has 0 aromatic carbocycles. The lowest BCUT2D eigenvalue weighted by atomic mass is 10.1. The molecule has 1 fully saturated rings. The minimum Gasteiger partial charge on any atom is -0.391 e. The average Bonchev–Trinajstić information content (AvgIpc) is 2.74. The summed E-state index contributed by atoms with van der Waals surface area (Å²) in [5, 5.41) is 9.70. The van der Waals surface area contributed by atoms with Crippen molar-refractivity contribution in [3.63, 3.8) is 0 Å². The maximum absolute atomic E-state index is 9.70. The van der Waals surface area contributed by atoms with Crippen LogP contribution < -0.4 is 4.90 Å². The summed E-state index contributed by atoms with van der Waals surface area (Å²) in [5.74, 6) is 0.444. The highest BCUT2D eigenvalue weighted by molar-refractivity contribution is 5.52. The van der Waals surface area contributed by atoms with Crippen molar-refractivity contribution in [3.8, 4) is 0 Å². The SMILES string of the molecule is CC(C)c1ccc(N2CC[C@H](O)C2)c(CN(C)C)n1. The number of hydrogen-bond donors (Lipinski definition) is 1. The summed E-state index contributed by atoms with van der Waals surface area (Å²) in [6.07, 6.45) is 0.657. The first kappa shape index (κ1) is 14.3. The van der Waals surface area contributed by atoms with Crippen molar-refractivity contribution >= 4 is 5.69 Å². The van der Waals surface area contributed by atoms with Gasteiger partial charge in [0.1, 0.15) is 0 Å². The van der Waals surface area contributed by atoms with E-state index >= 15 is 0 Å². The molecular weight excluding hydrogens is 238 g/mol. The molecule has 0 saturated carbocycles. The van der Waals surface area contributed by atoms with Gasteiger partial charge in [0.25, 0.3) is 0 Å². The molecule has 19 heavy (non-hydrogen) atoms. The molecule has 2 rings (SSSR count). The van der Waals surface area contributed by atoms with Gasteiger partial charge in [0.2, 0.25) is 0 Å². The van der Waals surface area contributed by atoms with Gasteiger partial charge in [-0.1, -0.05) is 13.8 Å². The molecule has 4 heteroatoms. The third kappa shape index (κ3) is 3.45. The Morgan fingerprint density at radius 2 is 2.16 bits per heavy atom. The van der Waals surface area contributed by atoms with E-state index in [0.717, 1.165) is 37.4 Å². The smallest absolute Gasteiger partial charge is 0.0780 e. The minimum atomic E-state index is -0.197. The monoisotopic (exact) mass is 263 g/mol. The molecule has 1 N–H and O–H groups in total. The first-order valence-corrected chi connectivity index (χ1v) is 7.05. The number of nitrogens with zero attached hydrogens (tertiary/aromatic N) is 3. The van der Waals surface area contributed by atoms with Crippen LogP contribution in [0, 0.1) is 0 Å². The van der Waals surface area contributed by atoms with E-state index in [1.165, 1.54) is 5.69 Å². The second-order valence-electron chi connectivity index (χ2n) is 5.98. The highest BCUT2D eigenvalue weighted by Crippen LogP contribution is 2.26. The van der Waals surface area contributed by atoms with E-state index in [1.54, 1.807) is 0 Å². The van der Waals surface area contributed by atoms with Crippen LogP contribution in [0.5, 0.6) is 0 Å². The van der Waals surface area contributed by atoms with Crippen LogP contribution in [0.2, 0.25) is 0 Å². The molecule has 2 heterocycles. The van der Waals surface area contributed by atoms with Crippen molar-refractivity contribution in [2.24, 2.45) is 0 Å². The molecule has 0 unspecified atom stereocenters. The molecule has 1 aliphatic rings. The van der Waals surface area contributed by atoms with Gasteiger partial charge in [0.05, 0.1) is 17.5 Å². The molecular formula is C15H25N3O. The maximum atomic E-state index is 9.70. The summed E-state index contributed by atoms with van der Waals surface area (Å²) in [6, 6.07) is 4.28. The van der Waals surface area contributed by atoms with Gasteiger partial charge in [-0.25, -0.2) is 0 Å². The van der Waals surface area contributed by atoms with Gasteiger partial charge in [0.15, 0.2) is 0 Å².